The summed E-state index contributed by atoms with van der Waals surface area (Å²) in [5.74, 6) is 0.231. The molecule has 0 aliphatic heterocycles. The van der Waals surface area contributed by atoms with Gasteiger partial charge in [-0.05, 0) is 68.7 Å². The Hall–Kier alpha value is -2.34. The average molecular weight is 447 g/mol. The van der Waals surface area contributed by atoms with Crippen LogP contribution in [0.3, 0.4) is 0 Å². The fourth-order valence-corrected chi connectivity index (χ4v) is 3.43. The minimum absolute atomic E-state index is 0.124. The van der Waals surface area contributed by atoms with Gasteiger partial charge in [0.05, 0.1) is 0 Å². The average Bonchev–Trinajstić information content (AvgIpc) is 2.63. The van der Waals surface area contributed by atoms with Gasteiger partial charge in [0.15, 0.2) is 6.61 Å². The van der Waals surface area contributed by atoms with E-state index in [0.29, 0.717) is 18.8 Å². The number of amides is 2. The van der Waals surface area contributed by atoms with Crippen molar-refractivity contribution in [3.63, 3.8) is 0 Å². The molecule has 6 heteroatoms. The quantitative estimate of drug-likeness (QED) is 0.666. The van der Waals surface area contributed by atoms with Gasteiger partial charge in [-0.15, -0.1) is 0 Å². The molecule has 2 aromatic rings. The van der Waals surface area contributed by atoms with Gasteiger partial charge in [0.2, 0.25) is 5.91 Å². The van der Waals surface area contributed by atoms with E-state index in [1.165, 1.54) is 0 Å². The maximum absolute atomic E-state index is 12.9. The zero-order valence-corrected chi connectivity index (χ0v) is 18.4. The Morgan fingerprint density at radius 3 is 2.43 bits per heavy atom. The first kappa shape index (κ1) is 22.0. The second kappa shape index (κ2) is 10.3. The normalized spacial score (nSPS) is 11.6. The molecule has 0 unspecified atom stereocenters. The molecule has 0 saturated carbocycles. The predicted octanol–water partition coefficient (Wildman–Crippen LogP) is 4.00. The summed E-state index contributed by atoms with van der Waals surface area (Å²) in [7, 11) is 0. The summed E-state index contributed by atoms with van der Waals surface area (Å²) < 4.78 is 6.66. The van der Waals surface area contributed by atoms with Crippen LogP contribution in [0, 0.1) is 13.8 Å². The fourth-order valence-electron chi connectivity index (χ4n) is 2.98. The third-order valence-electron chi connectivity index (χ3n) is 4.32. The van der Waals surface area contributed by atoms with Crippen molar-refractivity contribution in [2.24, 2.45) is 0 Å². The molecule has 0 spiro atoms. The van der Waals surface area contributed by atoms with Crippen LogP contribution in [0.2, 0.25) is 0 Å². The third kappa shape index (κ3) is 6.37. The summed E-state index contributed by atoms with van der Waals surface area (Å²) >= 11 is 3.45. The number of carbonyl (C=O) groups excluding carboxylic acids is 2. The molecule has 0 aliphatic carbocycles. The minimum atomic E-state index is -0.603. The standard InChI is InChI=1S/C22H27BrN2O3/c1-5-24-22(27)17(4)25(13-18-7-6-8-19(23)12-18)21(26)14-28-20-10-15(2)9-16(3)11-20/h6-12,17H,5,13-14H2,1-4H3,(H,24,27)/t17-/m0/s1. The van der Waals surface area contributed by atoms with E-state index < -0.39 is 6.04 Å². The van der Waals surface area contributed by atoms with Crippen molar-refractivity contribution < 1.29 is 14.3 Å². The van der Waals surface area contributed by atoms with E-state index in [1.807, 2.05) is 63.2 Å². The third-order valence-corrected chi connectivity index (χ3v) is 4.81. The molecule has 5 nitrogen and oxygen atoms in total. The van der Waals surface area contributed by atoms with Crippen molar-refractivity contribution in [2.75, 3.05) is 13.2 Å². The van der Waals surface area contributed by atoms with Gasteiger partial charge < -0.3 is 15.0 Å². The first-order valence-electron chi connectivity index (χ1n) is 9.33. The maximum atomic E-state index is 12.9. The highest BCUT2D eigenvalue weighted by molar-refractivity contribution is 9.10. The highest BCUT2D eigenvalue weighted by Gasteiger charge is 2.26. The molecular formula is C22H27BrN2O3. The van der Waals surface area contributed by atoms with Crippen molar-refractivity contribution in [3.05, 3.63) is 63.6 Å². The van der Waals surface area contributed by atoms with Crippen molar-refractivity contribution in [1.29, 1.82) is 0 Å². The Kier molecular flexibility index (Phi) is 8.05. The summed E-state index contributed by atoms with van der Waals surface area (Å²) in [6.45, 7) is 8.28. The van der Waals surface area contributed by atoms with E-state index in [-0.39, 0.29) is 18.4 Å². The summed E-state index contributed by atoms with van der Waals surface area (Å²) in [5.41, 5.74) is 3.08. The second-order valence-corrected chi connectivity index (χ2v) is 7.75. The number of benzene rings is 2. The topological polar surface area (TPSA) is 58.6 Å². The van der Waals surface area contributed by atoms with E-state index in [0.717, 1.165) is 21.2 Å². The Bertz CT molecular complexity index is 818. The van der Waals surface area contributed by atoms with Crippen molar-refractivity contribution in [1.82, 2.24) is 10.2 Å². The Balaban J connectivity index is 2.16. The Morgan fingerprint density at radius 1 is 1.14 bits per heavy atom. The second-order valence-electron chi connectivity index (χ2n) is 6.83. The zero-order chi connectivity index (χ0) is 20.7. The monoisotopic (exact) mass is 446 g/mol. The van der Waals surface area contributed by atoms with Crippen LogP contribution in [0.5, 0.6) is 5.75 Å². The summed E-state index contributed by atoms with van der Waals surface area (Å²) in [4.78, 5) is 26.8. The molecule has 0 aliphatic rings. The number of ether oxygens (including phenoxy) is 1. The summed E-state index contributed by atoms with van der Waals surface area (Å²) in [5, 5.41) is 2.78. The molecule has 0 bridgehead atoms. The van der Waals surface area contributed by atoms with Gasteiger partial charge in [0, 0.05) is 17.6 Å². The van der Waals surface area contributed by atoms with Crippen molar-refractivity contribution >= 4 is 27.7 Å². The van der Waals surface area contributed by atoms with Crippen LogP contribution in [0.1, 0.15) is 30.5 Å². The Morgan fingerprint density at radius 2 is 1.82 bits per heavy atom. The molecule has 28 heavy (non-hydrogen) atoms. The molecule has 0 aromatic heterocycles. The first-order chi connectivity index (χ1) is 13.3. The maximum Gasteiger partial charge on any atom is 0.261 e. The van der Waals surface area contributed by atoms with E-state index >= 15 is 0 Å². The van der Waals surface area contributed by atoms with Crippen LogP contribution in [0.25, 0.3) is 0 Å². The lowest BCUT2D eigenvalue weighted by molar-refractivity contribution is -0.142. The number of nitrogens with zero attached hydrogens (tertiary/aromatic N) is 1. The number of aryl methyl sites for hydroxylation is 2. The number of hydrogen-bond acceptors (Lipinski definition) is 3. The molecule has 0 fully saturated rings. The zero-order valence-electron chi connectivity index (χ0n) is 16.8. The molecule has 0 radical (unpaired) electrons. The van der Waals surface area contributed by atoms with Gasteiger partial charge in [-0.3, -0.25) is 9.59 Å². The van der Waals surface area contributed by atoms with Crippen LogP contribution in [0.4, 0.5) is 0 Å². The molecular weight excluding hydrogens is 420 g/mol. The van der Waals surface area contributed by atoms with Gasteiger partial charge in [-0.2, -0.15) is 0 Å². The molecule has 0 heterocycles. The molecule has 2 aromatic carbocycles. The van der Waals surface area contributed by atoms with Gasteiger partial charge >= 0.3 is 0 Å². The van der Waals surface area contributed by atoms with Gasteiger partial charge in [0.1, 0.15) is 11.8 Å². The smallest absolute Gasteiger partial charge is 0.261 e. The van der Waals surface area contributed by atoms with Crippen LogP contribution in [-0.2, 0) is 16.1 Å². The lowest BCUT2D eigenvalue weighted by Gasteiger charge is -2.28. The van der Waals surface area contributed by atoms with Crippen molar-refractivity contribution in [3.8, 4) is 5.75 Å². The summed E-state index contributed by atoms with van der Waals surface area (Å²) in [6.07, 6.45) is 0. The molecule has 150 valence electrons. The van der Waals surface area contributed by atoms with Crippen LogP contribution >= 0.6 is 15.9 Å². The Labute approximate surface area is 175 Å². The number of halogens is 1. The molecule has 1 atom stereocenters. The van der Waals surface area contributed by atoms with E-state index in [9.17, 15) is 9.59 Å². The number of hydrogen-bond donors (Lipinski definition) is 1. The number of nitrogens with one attached hydrogen (secondary N) is 1. The highest BCUT2D eigenvalue weighted by Crippen LogP contribution is 2.18. The van der Waals surface area contributed by atoms with Crippen LogP contribution in [0.15, 0.2) is 46.9 Å². The number of likely N-dealkylation sites (N-methyl/N-ethyl adjacent to an activating group) is 1. The minimum Gasteiger partial charge on any atom is -0.484 e. The lowest BCUT2D eigenvalue weighted by atomic mass is 10.1. The lowest BCUT2D eigenvalue weighted by Crippen LogP contribution is -2.49. The highest BCUT2D eigenvalue weighted by atomic mass is 79.9. The molecule has 1 N–H and O–H groups in total. The van der Waals surface area contributed by atoms with Gasteiger partial charge in [-0.25, -0.2) is 0 Å². The summed E-state index contributed by atoms with van der Waals surface area (Å²) in [6, 6.07) is 12.9. The molecule has 2 rings (SSSR count). The van der Waals surface area contributed by atoms with Crippen LogP contribution in [-0.4, -0.2) is 35.9 Å². The van der Waals surface area contributed by atoms with Gasteiger partial charge in [0.25, 0.3) is 5.91 Å². The number of rotatable bonds is 8. The van der Waals surface area contributed by atoms with Crippen LogP contribution < -0.4 is 10.1 Å². The first-order valence-corrected chi connectivity index (χ1v) is 10.1. The number of carbonyl (C=O) groups is 2. The van der Waals surface area contributed by atoms with E-state index in [2.05, 4.69) is 21.2 Å². The van der Waals surface area contributed by atoms with Gasteiger partial charge in [-0.1, -0.05) is 34.1 Å². The molecule has 0 saturated heterocycles. The fraction of sp³-hybridized carbons (Fsp3) is 0.364. The largest absolute Gasteiger partial charge is 0.484 e. The predicted molar refractivity (Wildman–Crippen MR) is 114 cm³/mol. The van der Waals surface area contributed by atoms with E-state index in [1.54, 1.807) is 11.8 Å². The van der Waals surface area contributed by atoms with Crippen molar-refractivity contribution in [2.45, 2.75) is 40.3 Å². The van der Waals surface area contributed by atoms with E-state index in [4.69, 9.17) is 4.74 Å². The SMILES string of the molecule is CCNC(=O)[C@H](C)N(Cc1cccc(Br)c1)C(=O)COc1cc(C)cc(C)c1. The molecule has 2 amide bonds.